The van der Waals surface area contributed by atoms with Gasteiger partial charge >= 0.3 is 5.69 Å². The van der Waals surface area contributed by atoms with Gasteiger partial charge in [-0.05, 0) is 25.3 Å². The van der Waals surface area contributed by atoms with Crippen LogP contribution in [0.3, 0.4) is 0 Å². The number of hydrogen-bond donors (Lipinski definition) is 1. The van der Waals surface area contributed by atoms with Gasteiger partial charge in [0.1, 0.15) is 5.82 Å². The Kier molecular flexibility index (Phi) is 5.32. The van der Waals surface area contributed by atoms with E-state index in [1.807, 2.05) is 4.90 Å². The van der Waals surface area contributed by atoms with Crippen LogP contribution in [0.1, 0.15) is 26.2 Å². The van der Waals surface area contributed by atoms with Crippen LogP contribution in [-0.4, -0.2) is 42.8 Å². The summed E-state index contributed by atoms with van der Waals surface area (Å²) in [5.41, 5.74) is 0.0464. The summed E-state index contributed by atoms with van der Waals surface area (Å²) in [7, 11) is 1.75. The maximum atomic E-state index is 11.2. The number of anilines is 2. The van der Waals surface area contributed by atoms with Crippen LogP contribution < -0.4 is 10.2 Å². The number of rotatable bonds is 6. The predicted octanol–water partition coefficient (Wildman–Crippen LogP) is 2.43. The number of hydrogen-bond acceptors (Lipinski definition) is 6. The maximum Gasteiger partial charge on any atom is 0.311 e. The van der Waals surface area contributed by atoms with E-state index in [9.17, 15) is 10.1 Å². The van der Waals surface area contributed by atoms with E-state index < -0.39 is 0 Å². The largest absolute Gasteiger partial charge is 0.376 e. The van der Waals surface area contributed by atoms with Crippen molar-refractivity contribution in [2.75, 3.05) is 37.0 Å². The zero-order valence-electron chi connectivity index (χ0n) is 12.5. The number of pyridine rings is 1. The third kappa shape index (κ3) is 3.81. The highest BCUT2D eigenvalue weighted by atomic mass is 16.6. The molecule has 0 radical (unpaired) electrons. The summed E-state index contributed by atoms with van der Waals surface area (Å²) >= 11 is 0. The SMILES string of the molecule is CCCOC1CCCN(c2nc(NC)ccc2[N+](=O)[O-])C1. The van der Waals surface area contributed by atoms with Crippen molar-refractivity contribution in [3.05, 3.63) is 22.2 Å². The average molecular weight is 294 g/mol. The number of nitrogens with one attached hydrogen (secondary N) is 1. The van der Waals surface area contributed by atoms with Gasteiger partial charge in [-0.1, -0.05) is 6.92 Å². The molecule has 0 spiro atoms. The molecule has 0 aliphatic carbocycles. The molecule has 1 fully saturated rings. The Morgan fingerprint density at radius 3 is 3.05 bits per heavy atom. The molecule has 7 heteroatoms. The van der Waals surface area contributed by atoms with Crippen molar-refractivity contribution in [2.45, 2.75) is 32.3 Å². The Morgan fingerprint density at radius 2 is 2.38 bits per heavy atom. The summed E-state index contributed by atoms with van der Waals surface area (Å²) in [6.45, 7) is 4.22. The first-order chi connectivity index (χ1) is 10.2. The van der Waals surface area contributed by atoms with E-state index in [4.69, 9.17) is 4.74 Å². The molecule has 0 saturated carbocycles. The summed E-state index contributed by atoms with van der Waals surface area (Å²) in [4.78, 5) is 17.2. The molecule has 1 unspecified atom stereocenters. The fourth-order valence-electron chi connectivity index (χ4n) is 2.51. The molecule has 1 aliphatic rings. The number of piperidine rings is 1. The van der Waals surface area contributed by atoms with Crippen LogP contribution in [0.2, 0.25) is 0 Å². The molecule has 1 aromatic rings. The second-order valence-electron chi connectivity index (χ2n) is 5.13. The number of nitro groups is 1. The standard InChI is InChI=1S/C14H22N4O3/c1-3-9-21-11-5-4-8-17(10-11)14-12(18(19)20)6-7-13(15-2)16-14/h6-7,11H,3-5,8-10H2,1-2H3,(H,15,16). The third-order valence-electron chi connectivity index (χ3n) is 3.54. The number of ether oxygens (including phenoxy) is 1. The molecule has 1 aliphatic heterocycles. The van der Waals surface area contributed by atoms with Gasteiger partial charge in [0.2, 0.25) is 5.82 Å². The van der Waals surface area contributed by atoms with Gasteiger partial charge in [-0.2, -0.15) is 0 Å². The summed E-state index contributed by atoms with van der Waals surface area (Å²) in [5.74, 6) is 1.06. The van der Waals surface area contributed by atoms with E-state index in [-0.39, 0.29) is 16.7 Å². The van der Waals surface area contributed by atoms with E-state index in [1.54, 1.807) is 13.1 Å². The van der Waals surface area contributed by atoms with E-state index >= 15 is 0 Å². The molecule has 0 amide bonds. The Balaban J connectivity index is 2.20. The first-order valence-corrected chi connectivity index (χ1v) is 7.35. The Bertz CT molecular complexity index is 495. The van der Waals surface area contributed by atoms with Crippen molar-refractivity contribution in [1.82, 2.24) is 4.98 Å². The van der Waals surface area contributed by atoms with Crippen molar-refractivity contribution in [2.24, 2.45) is 0 Å². The lowest BCUT2D eigenvalue weighted by Gasteiger charge is -2.33. The smallest absolute Gasteiger partial charge is 0.311 e. The van der Waals surface area contributed by atoms with Crippen molar-refractivity contribution in [3.8, 4) is 0 Å². The number of nitrogens with zero attached hydrogens (tertiary/aromatic N) is 3. The minimum absolute atomic E-state index is 0.0464. The predicted molar refractivity (Wildman–Crippen MR) is 81.9 cm³/mol. The molecule has 2 rings (SSSR count). The van der Waals surface area contributed by atoms with Gasteiger partial charge < -0.3 is 15.0 Å². The molecule has 1 atom stereocenters. The summed E-state index contributed by atoms with van der Waals surface area (Å²) in [6, 6.07) is 3.13. The lowest BCUT2D eigenvalue weighted by Crippen LogP contribution is -2.40. The highest BCUT2D eigenvalue weighted by Crippen LogP contribution is 2.30. The van der Waals surface area contributed by atoms with E-state index in [0.29, 0.717) is 18.2 Å². The van der Waals surface area contributed by atoms with Crippen LogP contribution in [0.5, 0.6) is 0 Å². The fraction of sp³-hybridized carbons (Fsp3) is 0.643. The monoisotopic (exact) mass is 294 g/mol. The van der Waals surface area contributed by atoms with Gasteiger partial charge in [0.05, 0.1) is 11.0 Å². The Morgan fingerprint density at radius 1 is 1.57 bits per heavy atom. The van der Waals surface area contributed by atoms with Crippen LogP contribution in [-0.2, 0) is 4.74 Å². The zero-order chi connectivity index (χ0) is 15.2. The van der Waals surface area contributed by atoms with E-state index in [1.165, 1.54) is 6.07 Å². The second-order valence-corrected chi connectivity index (χ2v) is 5.13. The first kappa shape index (κ1) is 15.5. The maximum absolute atomic E-state index is 11.2. The molecular formula is C14H22N4O3. The van der Waals surface area contributed by atoms with Gasteiger partial charge in [0.15, 0.2) is 0 Å². The minimum atomic E-state index is -0.377. The molecule has 1 N–H and O–H groups in total. The molecule has 0 aromatic carbocycles. The molecule has 2 heterocycles. The molecule has 0 bridgehead atoms. The molecule has 1 aromatic heterocycles. The molecule has 1 saturated heterocycles. The van der Waals surface area contributed by atoms with Gasteiger partial charge in [0, 0.05) is 32.8 Å². The van der Waals surface area contributed by atoms with Crippen LogP contribution in [0, 0.1) is 10.1 Å². The Labute approximate surface area is 124 Å². The van der Waals surface area contributed by atoms with Crippen LogP contribution in [0.25, 0.3) is 0 Å². The van der Waals surface area contributed by atoms with Crippen molar-refractivity contribution in [1.29, 1.82) is 0 Å². The zero-order valence-corrected chi connectivity index (χ0v) is 12.5. The quantitative estimate of drug-likeness (QED) is 0.641. The first-order valence-electron chi connectivity index (χ1n) is 7.35. The summed E-state index contributed by atoms with van der Waals surface area (Å²) in [5, 5.41) is 14.1. The number of aromatic nitrogens is 1. The lowest BCUT2D eigenvalue weighted by atomic mass is 10.1. The minimum Gasteiger partial charge on any atom is -0.376 e. The molecule has 7 nitrogen and oxygen atoms in total. The highest BCUT2D eigenvalue weighted by molar-refractivity contribution is 5.62. The van der Waals surface area contributed by atoms with Crippen LogP contribution in [0.4, 0.5) is 17.3 Å². The van der Waals surface area contributed by atoms with Gasteiger partial charge in [0.25, 0.3) is 0 Å². The average Bonchev–Trinajstić information content (AvgIpc) is 2.52. The molecule has 116 valence electrons. The van der Waals surface area contributed by atoms with Crippen molar-refractivity contribution in [3.63, 3.8) is 0 Å². The fourth-order valence-corrected chi connectivity index (χ4v) is 2.51. The highest BCUT2D eigenvalue weighted by Gasteiger charge is 2.27. The molecular weight excluding hydrogens is 272 g/mol. The van der Waals surface area contributed by atoms with Gasteiger partial charge in [-0.3, -0.25) is 10.1 Å². The molecule has 21 heavy (non-hydrogen) atoms. The Hall–Kier alpha value is -1.89. The summed E-state index contributed by atoms with van der Waals surface area (Å²) < 4.78 is 5.79. The van der Waals surface area contributed by atoms with Crippen molar-refractivity contribution < 1.29 is 9.66 Å². The van der Waals surface area contributed by atoms with E-state index in [2.05, 4.69) is 17.2 Å². The third-order valence-corrected chi connectivity index (χ3v) is 3.54. The van der Waals surface area contributed by atoms with Crippen molar-refractivity contribution >= 4 is 17.3 Å². The van der Waals surface area contributed by atoms with E-state index in [0.717, 1.165) is 32.4 Å². The van der Waals surface area contributed by atoms with Gasteiger partial charge in [-0.15, -0.1) is 0 Å². The van der Waals surface area contributed by atoms with Crippen LogP contribution in [0.15, 0.2) is 12.1 Å². The normalized spacial score (nSPS) is 18.6. The second kappa shape index (κ2) is 7.21. The van der Waals surface area contributed by atoms with Crippen LogP contribution >= 0.6 is 0 Å². The summed E-state index contributed by atoms with van der Waals surface area (Å²) in [6.07, 6.45) is 3.05. The topological polar surface area (TPSA) is 80.5 Å². The van der Waals surface area contributed by atoms with Gasteiger partial charge in [-0.25, -0.2) is 4.98 Å². The lowest BCUT2D eigenvalue weighted by molar-refractivity contribution is -0.384.